The monoisotopic (exact) mass is 255 g/mol. The number of carbonyl (C=O) groups is 2. The van der Waals surface area contributed by atoms with E-state index < -0.39 is 23.8 Å². The maximum atomic E-state index is 12.8. The number of carboxylic acids is 2. The van der Waals surface area contributed by atoms with Gasteiger partial charge in [-0.2, -0.15) is 0 Å². The first-order valence-corrected chi connectivity index (χ1v) is 5.33. The molecule has 6 heteroatoms. The minimum atomic E-state index is -1.11. The van der Waals surface area contributed by atoms with Crippen molar-refractivity contribution in [3.05, 3.63) is 35.6 Å². The van der Waals surface area contributed by atoms with E-state index in [4.69, 9.17) is 10.2 Å². The van der Waals surface area contributed by atoms with E-state index >= 15 is 0 Å². The molecular formula is C12H14FNO4. The van der Waals surface area contributed by atoms with Gasteiger partial charge in [0, 0.05) is 6.04 Å². The first-order chi connectivity index (χ1) is 8.40. The molecule has 5 nitrogen and oxygen atoms in total. The lowest BCUT2D eigenvalue weighted by atomic mass is 10.1. The minimum Gasteiger partial charge on any atom is -0.480 e. The molecule has 0 spiro atoms. The van der Waals surface area contributed by atoms with Crippen molar-refractivity contribution < 1.29 is 24.2 Å². The summed E-state index contributed by atoms with van der Waals surface area (Å²) in [6, 6.07) is 5.11. The molecule has 18 heavy (non-hydrogen) atoms. The quantitative estimate of drug-likeness (QED) is 0.802. The molecule has 0 aliphatic rings. The first-order valence-electron chi connectivity index (χ1n) is 5.33. The summed E-state index contributed by atoms with van der Waals surface area (Å²) in [5.74, 6) is -2.61. The molecule has 0 amide bonds. The van der Waals surface area contributed by atoms with Crippen molar-refractivity contribution in [2.24, 2.45) is 0 Å². The fourth-order valence-electron chi connectivity index (χ4n) is 1.63. The number of hydrogen-bond donors (Lipinski definition) is 2. The number of rotatable bonds is 6. The van der Waals surface area contributed by atoms with Gasteiger partial charge in [-0.05, 0) is 24.6 Å². The van der Waals surface area contributed by atoms with Gasteiger partial charge < -0.3 is 10.2 Å². The maximum Gasteiger partial charge on any atom is 0.317 e. The Morgan fingerprint density at radius 2 is 1.61 bits per heavy atom. The second-order valence-electron chi connectivity index (χ2n) is 3.92. The molecular weight excluding hydrogens is 241 g/mol. The summed E-state index contributed by atoms with van der Waals surface area (Å²) in [6.07, 6.45) is 0. The molecule has 1 aromatic carbocycles. The largest absolute Gasteiger partial charge is 0.480 e. The predicted octanol–water partition coefficient (Wildman–Crippen LogP) is 1.36. The summed E-state index contributed by atoms with van der Waals surface area (Å²) in [5.41, 5.74) is 0.666. The normalized spacial score (nSPS) is 12.4. The van der Waals surface area contributed by atoms with Crippen LogP contribution >= 0.6 is 0 Å². The average molecular weight is 255 g/mol. The number of halogens is 1. The first kappa shape index (κ1) is 14.1. The maximum absolute atomic E-state index is 12.8. The van der Waals surface area contributed by atoms with Crippen molar-refractivity contribution in [3.63, 3.8) is 0 Å². The topological polar surface area (TPSA) is 77.8 Å². The van der Waals surface area contributed by atoms with E-state index in [2.05, 4.69) is 0 Å². The van der Waals surface area contributed by atoms with Gasteiger partial charge in [0.15, 0.2) is 0 Å². The SMILES string of the molecule is CC(c1ccc(F)cc1)N(CC(=O)O)CC(=O)O. The van der Waals surface area contributed by atoms with Gasteiger partial charge in [-0.15, -0.1) is 0 Å². The van der Waals surface area contributed by atoms with Crippen molar-refractivity contribution in [2.75, 3.05) is 13.1 Å². The van der Waals surface area contributed by atoms with Crippen LogP contribution in [-0.2, 0) is 9.59 Å². The van der Waals surface area contributed by atoms with Gasteiger partial charge in [-0.1, -0.05) is 12.1 Å². The van der Waals surface area contributed by atoms with Crippen LogP contribution in [0.25, 0.3) is 0 Å². The number of nitrogens with zero attached hydrogens (tertiary/aromatic N) is 1. The lowest BCUT2D eigenvalue weighted by Crippen LogP contribution is -2.36. The Labute approximate surface area is 103 Å². The predicted molar refractivity (Wildman–Crippen MR) is 61.7 cm³/mol. The van der Waals surface area contributed by atoms with E-state index in [0.29, 0.717) is 5.56 Å². The third-order valence-corrected chi connectivity index (χ3v) is 2.58. The molecule has 1 rings (SSSR count). The highest BCUT2D eigenvalue weighted by molar-refractivity contribution is 5.72. The minimum absolute atomic E-state index is 0.384. The zero-order valence-electron chi connectivity index (χ0n) is 9.84. The molecule has 1 atom stereocenters. The second-order valence-corrected chi connectivity index (χ2v) is 3.92. The highest BCUT2D eigenvalue weighted by Gasteiger charge is 2.20. The summed E-state index contributed by atoms with van der Waals surface area (Å²) in [6.45, 7) is 0.912. The van der Waals surface area contributed by atoms with E-state index in [9.17, 15) is 14.0 Å². The highest BCUT2D eigenvalue weighted by Crippen LogP contribution is 2.19. The summed E-state index contributed by atoms with van der Waals surface area (Å²) in [4.78, 5) is 22.7. The molecule has 0 radical (unpaired) electrons. The molecule has 0 saturated carbocycles. The molecule has 0 fully saturated rings. The Kier molecular flexibility index (Phi) is 4.79. The number of benzene rings is 1. The van der Waals surface area contributed by atoms with Crippen LogP contribution in [0.5, 0.6) is 0 Å². The Balaban J connectivity index is 2.86. The van der Waals surface area contributed by atoms with Crippen LogP contribution in [0.2, 0.25) is 0 Å². The highest BCUT2D eigenvalue weighted by atomic mass is 19.1. The van der Waals surface area contributed by atoms with Gasteiger partial charge in [0.25, 0.3) is 0 Å². The van der Waals surface area contributed by atoms with Crippen molar-refractivity contribution in [1.29, 1.82) is 0 Å². The fourth-order valence-corrected chi connectivity index (χ4v) is 1.63. The van der Waals surface area contributed by atoms with Crippen LogP contribution in [0.4, 0.5) is 4.39 Å². The third kappa shape index (κ3) is 4.14. The number of carboxylic acid groups (broad SMARTS) is 2. The lowest BCUT2D eigenvalue weighted by Gasteiger charge is -2.26. The van der Waals surface area contributed by atoms with Gasteiger partial charge >= 0.3 is 11.9 Å². The zero-order chi connectivity index (χ0) is 13.7. The molecule has 0 bridgehead atoms. The zero-order valence-corrected chi connectivity index (χ0v) is 9.84. The van der Waals surface area contributed by atoms with E-state index in [0.717, 1.165) is 0 Å². The van der Waals surface area contributed by atoms with E-state index in [1.165, 1.54) is 29.2 Å². The van der Waals surface area contributed by atoms with Crippen molar-refractivity contribution in [3.8, 4) is 0 Å². The van der Waals surface area contributed by atoms with Crippen molar-refractivity contribution >= 4 is 11.9 Å². The molecule has 2 N–H and O–H groups in total. The second kappa shape index (κ2) is 6.11. The summed E-state index contributed by atoms with van der Waals surface area (Å²) in [7, 11) is 0. The molecule has 0 aromatic heterocycles. The third-order valence-electron chi connectivity index (χ3n) is 2.58. The summed E-state index contributed by atoms with van der Waals surface area (Å²) in [5, 5.41) is 17.5. The number of aliphatic carboxylic acids is 2. The van der Waals surface area contributed by atoms with E-state index in [1.807, 2.05) is 0 Å². The number of hydrogen-bond acceptors (Lipinski definition) is 3. The van der Waals surface area contributed by atoms with Crippen LogP contribution < -0.4 is 0 Å². The van der Waals surface area contributed by atoms with Crippen LogP contribution in [0, 0.1) is 5.82 Å². The van der Waals surface area contributed by atoms with Gasteiger partial charge in [0.05, 0.1) is 13.1 Å². The fraction of sp³-hybridized carbons (Fsp3) is 0.333. The molecule has 0 aliphatic carbocycles. The van der Waals surface area contributed by atoms with Gasteiger partial charge in [-0.25, -0.2) is 4.39 Å². The molecule has 1 unspecified atom stereocenters. The van der Waals surface area contributed by atoms with E-state index in [-0.39, 0.29) is 13.1 Å². The molecule has 0 heterocycles. The average Bonchev–Trinajstić information content (AvgIpc) is 2.27. The molecule has 1 aromatic rings. The van der Waals surface area contributed by atoms with Gasteiger partial charge in [0.2, 0.25) is 0 Å². The van der Waals surface area contributed by atoms with Crippen LogP contribution in [0.3, 0.4) is 0 Å². The molecule has 98 valence electrons. The van der Waals surface area contributed by atoms with E-state index in [1.54, 1.807) is 6.92 Å². The van der Waals surface area contributed by atoms with Crippen LogP contribution in [-0.4, -0.2) is 40.1 Å². The van der Waals surface area contributed by atoms with Gasteiger partial charge in [-0.3, -0.25) is 14.5 Å². The lowest BCUT2D eigenvalue weighted by molar-refractivity contribution is -0.142. The van der Waals surface area contributed by atoms with Crippen molar-refractivity contribution in [1.82, 2.24) is 4.90 Å². The Hall–Kier alpha value is -1.95. The Morgan fingerprint density at radius 3 is 2.00 bits per heavy atom. The Morgan fingerprint density at radius 1 is 1.17 bits per heavy atom. The van der Waals surface area contributed by atoms with Gasteiger partial charge in [0.1, 0.15) is 5.82 Å². The Bertz CT molecular complexity index is 416. The molecule has 0 aliphatic heterocycles. The summed E-state index contributed by atoms with van der Waals surface area (Å²) < 4.78 is 12.8. The van der Waals surface area contributed by atoms with Crippen molar-refractivity contribution in [2.45, 2.75) is 13.0 Å². The smallest absolute Gasteiger partial charge is 0.317 e. The van der Waals surface area contributed by atoms with Crippen LogP contribution in [0.15, 0.2) is 24.3 Å². The standard InChI is InChI=1S/C12H14FNO4/c1-8(9-2-4-10(13)5-3-9)14(6-11(15)16)7-12(17)18/h2-5,8H,6-7H2,1H3,(H,15,16)(H,17,18). The molecule has 0 saturated heterocycles. The summed E-state index contributed by atoms with van der Waals surface area (Å²) >= 11 is 0. The van der Waals surface area contributed by atoms with Crippen LogP contribution in [0.1, 0.15) is 18.5 Å².